The Balaban J connectivity index is 1.45. The second kappa shape index (κ2) is 15.6. The van der Waals surface area contributed by atoms with Crippen molar-refractivity contribution in [2.45, 2.75) is 78.3 Å². The summed E-state index contributed by atoms with van der Waals surface area (Å²) in [4.78, 5) is 31.1. The Labute approximate surface area is 251 Å². The van der Waals surface area contributed by atoms with E-state index in [1.165, 1.54) is 49.4 Å². The molecular weight excluding hydrogens is 525 g/mol. The van der Waals surface area contributed by atoms with Gasteiger partial charge >= 0.3 is 0 Å². The van der Waals surface area contributed by atoms with E-state index in [0.29, 0.717) is 18.2 Å². The van der Waals surface area contributed by atoms with Gasteiger partial charge in [0.1, 0.15) is 5.82 Å². The molecule has 0 radical (unpaired) electrons. The zero-order chi connectivity index (χ0) is 29.9. The molecule has 0 aliphatic carbocycles. The van der Waals surface area contributed by atoms with Crippen LogP contribution in [0.25, 0.3) is 0 Å². The SMILES string of the molecule is CCCCCc1ccc(C(=O)N(Cc2ccc(NC(=O)c3cccc(F)c3)cc2)C2CCN(CCC(C)C)CC2)cc1. The Kier molecular flexibility index (Phi) is 11.7. The van der Waals surface area contributed by atoms with Crippen LogP contribution < -0.4 is 5.32 Å². The average molecular weight is 572 g/mol. The highest BCUT2D eigenvalue weighted by molar-refractivity contribution is 6.04. The van der Waals surface area contributed by atoms with E-state index in [9.17, 15) is 14.0 Å². The van der Waals surface area contributed by atoms with Crippen LogP contribution in [-0.2, 0) is 13.0 Å². The van der Waals surface area contributed by atoms with Gasteiger partial charge in [0.25, 0.3) is 11.8 Å². The molecule has 0 aromatic heterocycles. The summed E-state index contributed by atoms with van der Waals surface area (Å²) in [6.45, 7) is 10.4. The summed E-state index contributed by atoms with van der Waals surface area (Å²) in [6, 6.07) is 21.6. The number of hydrogen-bond donors (Lipinski definition) is 1. The van der Waals surface area contributed by atoms with Gasteiger partial charge < -0.3 is 15.1 Å². The summed E-state index contributed by atoms with van der Waals surface area (Å²) in [5.74, 6) is -0.0485. The third kappa shape index (κ3) is 9.25. The van der Waals surface area contributed by atoms with Crippen molar-refractivity contribution in [3.63, 3.8) is 0 Å². The molecule has 6 heteroatoms. The quantitative estimate of drug-likeness (QED) is 0.212. The van der Waals surface area contributed by atoms with Gasteiger partial charge in [-0.15, -0.1) is 0 Å². The fourth-order valence-corrected chi connectivity index (χ4v) is 5.54. The average Bonchev–Trinajstić information content (AvgIpc) is 3.00. The number of nitrogens with zero attached hydrogens (tertiary/aromatic N) is 2. The lowest BCUT2D eigenvalue weighted by Crippen LogP contribution is -2.47. The second-order valence-corrected chi connectivity index (χ2v) is 12.0. The Morgan fingerprint density at radius 2 is 1.62 bits per heavy atom. The van der Waals surface area contributed by atoms with E-state index in [4.69, 9.17) is 0 Å². The minimum Gasteiger partial charge on any atom is -0.331 e. The molecule has 1 N–H and O–H groups in total. The Hall–Kier alpha value is -3.51. The number of benzene rings is 3. The first-order valence-corrected chi connectivity index (χ1v) is 15.6. The molecule has 1 heterocycles. The van der Waals surface area contributed by atoms with Crippen molar-refractivity contribution in [1.82, 2.24) is 9.80 Å². The van der Waals surface area contributed by atoms with Gasteiger partial charge in [0.05, 0.1) is 0 Å². The lowest BCUT2D eigenvalue weighted by molar-refractivity contribution is 0.0546. The summed E-state index contributed by atoms with van der Waals surface area (Å²) in [5, 5.41) is 2.83. The Morgan fingerprint density at radius 1 is 0.929 bits per heavy atom. The summed E-state index contributed by atoms with van der Waals surface area (Å²) in [6.07, 6.45) is 7.74. The number of carbonyl (C=O) groups is 2. The van der Waals surface area contributed by atoms with Gasteiger partial charge in [0, 0.05) is 42.5 Å². The van der Waals surface area contributed by atoms with Crippen molar-refractivity contribution in [1.29, 1.82) is 0 Å². The molecule has 5 nitrogen and oxygen atoms in total. The third-order valence-electron chi connectivity index (χ3n) is 8.20. The number of hydrogen-bond acceptors (Lipinski definition) is 3. The molecule has 0 bridgehead atoms. The van der Waals surface area contributed by atoms with Crippen LogP contribution in [0.1, 0.15) is 91.1 Å². The van der Waals surface area contributed by atoms with Crippen molar-refractivity contribution in [2.75, 3.05) is 25.0 Å². The Morgan fingerprint density at radius 3 is 2.26 bits per heavy atom. The molecule has 3 aromatic carbocycles. The minimum atomic E-state index is -0.445. The Bertz CT molecular complexity index is 1280. The maximum Gasteiger partial charge on any atom is 0.255 e. The molecule has 1 aliphatic heterocycles. The summed E-state index contributed by atoms with van der Waals surface area (Å²) in [7, 11) is 0. The van der Waals surface area contributed by atoms with Crippen molar-refractivity contribution in [3.8, 4) is 0 Å². The highest BCUT2D eigenvalue weighted by atomic mass is 19.1. The normalized spacial score (nSPS) is 14.2. The van der Waals surface area contributed by atoms with Crippen molar-refractivity contribution in [3.05, 3.63) is 101 Å². The lowest BCUT2D eigenvalue weighted by Gasteiger charge is -2.39. The predicted octanol–water partition coefficient (Wildman–Crippen LogP) is 7.96. The smallest absolute Gasteiger partial charge is 0.255 e. The van der Waals surface area contributed by atoms with Crippen LogP contribution in [0.15, 0.2) is 72.8 Å². The summed E-state index contributed by atoms with van der Waals surface area (Å²) < 4.78 is 13.5. The standard InChI is InChI=1S/C36H46FN3O2/c1-4-5-6-8-28-11-15-30(16-12-28)36(42)40(34-20-23-39(24-21-34)22-19-27(2)3)26-29-13-17-33(18-14-29)38-35(41)31-9-7-10-32(37)25-31/h7,9-18,25,27,34H,4-6,8,19-24,26H2,1-3H3,(H,38,41). The molecule has 1 aliphatic rings. The number of aryl methyl sites for hydroxylation is 1. The van der Waals surface area contributed by atoms with Crippen LogP contribution in [0.5, 0.6) is 0 Å². The van der Waals surface area contributed by atoms with Gasteiger partial charge in [-0.1, -0.05) is 63.9 Å². The number of halogens is 1. The van der Waals surface area contributed by atoms with E-state index in [1.54, 1.807) is 6.07 Å². The topological polar surface area (TPSA) is 52.7 Å². The molecule has 1 saturated heterocycles. The van der Waals surface area contributed by atoms with Gasteiger partial charge in [-0.3, -0.25) is 9.59 Å². The maximum absolute atomic E-state index is 13.9. The van der Waals surface area contributed by atoms with Crippen LogP contribution in [0.4, 0.5) is 10.1 Å². The van der Waals surface area contributed by atoms with Crippen molar-refractivity contribution < 1.29 is 14.0 Å². The van der Waals surface area contributed by atoms with Gasteiger partial charge in [-0.05, 0) is 98.2 Å². The number of carbonyl (C=O) groups excluding carboxylic acids is 2. The molecule has 1 fully saturated rings. The van der Waals surface area contributed by atoms with E-state index in [1.807, 2.05) is 41.3 Å². The minimum absolute atomic E-state index is 0.0687. The van der Waals surface area contributed by atoms with Gasteiger partial charge in [-0.25, -0.2) is 4.39 Å². The molecule has 0 saturated carbocycles. The first-order valence-electron chi connectivity index (χ1n) is 15.6. The van der Waals surface area contributed by atoms with E-state index >= 15 is 0 Å². The summed E-state index contributed by atoms with van der Waals surface area (Å²) in [5.41, 5.74) is 3.91. The molecule has 0 atom stereocenters. The largest absolute Gasteiger partial charge is 0.331 e. The fourth-order valence-electron chi connectivity index (χ4n) is 5.54. The molecule has 3 aromatic rings. The number of likely N-dealkylation sites (tertiary alicyclic amines) is 1. The number of anilines is 1. The fraction of sp³-hybridized carbons (Fsp3) is 0.444. The van der Waals surface area contributed by atoms with Crippen molar-refractivity contribution in [2.24, 2.45) is 5.92 Å². The highest BCUT2D eigenvalue weighted by Gasteiger charge is 2.29. The lowest BCUT2D eigenvalue weighted by atomic mass is 9.99. The zero-order valence-electron chi connectivity index (χ0n) is 25.4. The zero-order valence-corrected chi connectivity index (χ0v) is 25.4. The van der Waals surface area contributed by atoms with Gasteiger partial charge in [0.2, 0.25) is 0 Å². The molecule has 224 valence electrons. The van der Waals surface area contributed by atoms with Gasteiger partial charge in [0.15, 0.2) is 0 Å². The van der Waals surface area contributed by atoms with E-state index < -0.39 is 5.82 Å². The van der Waals surface area contributed by atoms with Crippen LogP contribution in [0, 0.1) is 11.7 Å². The molecule has 0 spiro atoms. The monoisotopic (exact) mass is 571 g/mol. The van der Waals surface area contributed by atoms with E-state index in [2.05, 4.69) is 43.1 Å². The van der Waals surface area contributed by atoms with Crippen LogP contribution in [0.2, 0.25) is 0 Å². The van der Waals surface area contributed by atoms with Crippen LogP contribution >= 0.6 is 0 Å². The van der Waals surface area contributed by atoms with Crippen LogP contribution in [0.3, 0.4) is 0 Å². The molecule has 0 unspecified atom stereocenters. The first kappa shape index (κ1) is 31.4. The second-order valence-electron chi connectivity index (χ2n) is 12.0. The first-order chi connectivity index (χ1) is 20.3. The summed E-state index contributed by atoms with van der Waals surface area (Å²) >= 11 is 0. The van der Waals surface area contributed by atoms with Crippen molar-refractivity contribution >= 4 is 17.5 Å². The number of nitrogens with one attached hydrogen (secondary N) is 1. The highest BCUT2D eigenvalue weighted by Crippen LogP contribution is 2.24. The number of piperidine rings is 1. The number of amides is 2. The van der Waals surface area contributed by atoms with E-state index in [-0.39, 0.29) is 23.4 Å². The maximum atomic E-state index is 13.9. The molecule has 42 heavy (non-hydrogen) atoms. The van der Waals surface area contributed by atoms with Crippen LogP contribution in [-0.4, -0.2) is 47.3 Å². The molecular formula is C36H46FN3O2. The van der Waals surface area contributed by atoms with E-state index in [0.717, 1.165) is 50.0 Å². The third-order valence-corrected chi connectivity index (χ3v) is 8.20. The number of unbranched alkanes of at least 4 members (excludes halogenated alkanes) is 2. The molecule has 4 rings (SSSR count). The molecule has 2 amide bonds. The number of rotatable bonds is 13. The predicted molar refractivity (Wildman–Crippen MR) is 169 cm³/mol. The van der Waals surface area contributed by atoms with Gasteiger partial charge in [-0.2, -0.15) is 0 Å².